The van der Waals surface area contributed by atoms with E-state index in [2.05, 4.69) is 5.32 Å². The number of anilines is 1. The van der Waals surface area contributed by atoms with E-state index < -0.39 is 31.0 Å². The lowest BCUT2D eigenvalue weighted by molar-refractivity contribution is -0.137. The van der Waals surface area contributed by atoms with Crippen molar-refractivity contribution in [2.45, 2.75) is 6.92 Å². The van der Waals surface area contributed by atoms with Crippen LogP contribution >= 0.6 is 0 Å². The van der Waals surface area contributed by atoms with Gasteiger partial charge in [-0.25, -0.2) is 4.79 Å². The largest absolute Gasteiger partial charge is 0.496 e. The van der Waals surface area contributed by atoms with Crippen molar-refractivity contribution < 1.29 is 24.2 Å². The molecule has 0 aliphatic carbocycles. The maximum absolute atomic E-state index is 12.0. The van der Waals surface area contributed by atoms with Gasteiger partial charge in [-0.05, 0) is 30.7 Å². The highest BCUT2D eigenvalue weighted by molar-refractivity contribution is 5.94. The second kappa shape index (κ2) is 7.13. The fourth-order valence-electron chi connectivity index (χ4n) is 1.71. The zero-order chi connectivity index (χ0) is 16.0. The van der Waals surface area contributed by atoms with Crippen LogP contribution < -0.4 is 15.8 Å². The zero-order valence-electron chi connectivity index (χ0n) is 11.8. The molecule has 1 aromatic rings. The van der Waals surface area contributed by atoms with Crippen molar-refractivity contribution in [2.75, 3.05) is 25.5 Å². The topological polar surface area (TPSA) is 122 Å². The number of methoxy groups -OCH3 is 1. The van der Waals surface area contributed by atoms with E-state index in [0.717, 1.165) is 10.5 Å². The van der Waals surface area contributed by atoms with Gasteiger partial charge in [-0.15, -0.1) is 0 Å². The molecule has 0 saturated carbocycles. The van der Waals surface area contributed by atoms with E-state index in [-0.39, 0.29) is 0 Å². The van der Waals surface area contributed by atoms with Gasteiger partial charge in [0.1, 0.15) is 18.8 Å². The number of benzene rings is 1. The predicted octanol–water partition coefficient (Wildman–Crippen LogP) is 0.407. The summed E-state index contributed by atoms with van der Waals surface area (Å²) in [6.45, 7) is 0.699. The molecule has 1 aromatic carbocycles. The number of hydrogen-bond acceptors (Lipinski definition) is 4. The van der Waals surface area contributed by atoms with Crippen molar-refractivity contribution in [2.24, 2.45) is 5.73 Å². The lowest BCUT2D eigenvalue weighted by Crippen LogP contribution is -2.43. The highest BCUT2D eigenvalue weighted by Gasteiger charge is 2.19. The summed E-state index contributed by atoms with van der Waals surface area (Å²) in [6.07, 6.45) is 0. The van der Waals surface area contributed by atoms with Crippen LogP contribution in [0.2, 0.25) is 0 Å². The molecule has 3 amide bonds. The molecule has 4 N–H and O–H groups in total. The van der Waals surface area contributed by atoms with Gasteiger partial charge < -0.3 is 25.8 Å². The number of rotatable bonds is 6. The summed E-state index contributed by atoms with van der Waals surface area (Å²) >= 11 is 0. The van der Waals surface area contributed by atoms with Gasteiger partial charge in [0.15, 0.2) is 0 Å². The summed E-state index contributed by atoms with van der Waals surface area (Å²) in [5.41, 5.74) is 6.25. The standard InChI is InChI=1S/C13H17N3O5/c1-8-5-9(3-4-10(8)21-2)15-13(20)16(6-11(14)17)7-12(18)19/h3-5H,6-7H2,1-2H3,(H2,14,17)(H,15,20)(H,18,19). The third-order valence-corrected chi connectivity index (χ3v) is 2.61. The van der Waals surface area contributed by atoms with Crippen LogP contribution in [0.3, 0.4) is 0 Å². The van der Waals surface area contributed by atoms with Crippen molar-refractivity contribution in [1.82, 2.24) is 4.90 Å². The van der Waals surface area contributed by atoms with Crippen LogP contribution in [0.1, 0.15) is 5.56 Å². The Morgan fingerprint density at radius 3 is 2.48 bits per heavy atom. The fourth-order valence-corrected chi connectivity index (χ4v) is 1.71. The van der Waals surface area contributed by atoms with Gasteiger partial charge in [0.2, 0.25) is 5.91 Å². The van der Waals surface area contributed by atoms with Crippen LogP contribution in [0.25, 0.3) is 0 Å². The van der Waals surface area contributed by atoms with E-state index >= 15 is 0 Å². The first-order chi connectivity index (χ1) is 9.83. The number of carbonyl (C=O) groups excluding carboxylic acids is 2. The predicted molar refractivity (Wildman–Crippen MR) is 75.2 cm³/mol. The zero-order valence-corrected chi connectivity index (χ0v) is 11.8. The minimum atomic E-state index is -1.24. The number of nitrogens with one attached hydrogen (secondary N) is 1. The normalized spacial score (nSPS) is 9.81. The number of aryl methyl sites for hydroxylation is 1. The van der Waals surface area contributed by atoms with E-state index in [1.54, 1.807) is 25.1 Å². The Balaban J connectivity index is 2.82. The molecule has 0 aliphatic heterocycles. The maximum atomic E-state index is 12.0. The van der Waals surface area contributed by atoms with Crippen LogP contribution in [0.5, 0.6) is 5.75 Å². The maximum Gasteiger partial charge on any atom is 0.323 e. The van der Waals surface area contributed by atoms with Crippen molar-refractivity contribution in [3.8, 4) is 5.75 Å². The van der Waals surface area contributed by atoms with Crippen LogP contribution in [0, 0.1) is 6.92 Å². The summed E-state index contributed by atoms with van der Waals surface area (Å²) in [7, 11) is 1.53. The minimum Gasteiger partial charge on any atom is -0.496 e. The molecule has 21 heavy (non-hydrogen) atoms. The molecule has 8 nitrogen and oxygen atoms in total. The molecule has 0 saturated heterocycles. The Morgan fingerprint density at radius 2 is 2.00 bits per heavy atom. The number of aliphatic carboxylic acids is 1. The molecule has 0 unspecified atom stereocenters. The van der Waals surface area contributed by atoms with Crippen LogP contribution in [-0.4, -0.2) is 48.1 Å². The molecule has 0 heterocycles. The number of carbonyl (C=O) groups is 3. The number of hydrogen-bond donors (Lipinski definition) is 3. The van der Waals surface area contributed by atoms with E-state index in [0.29, 0.717) is 11.4 Å². The highest BCUT2D eigenvalue weighted by Crippen LogP contribution is 2.21. The smallest absolute Gasteiger partial charge is 0.323 e. The van der Waals surface area contributed by atoms with Crippen molar-refractivity contribution in [3.63, 3.8) is 0 Å². The minimum absolute atomic E-state index is 0.457. The quantitative estimate of drug-likeness (QED) is 0.701. The Morgan fingerprint density at radius 1 is 1.33 bits per heavy atom. The molecule has 0 atom stereocenters. The number of amides is 3. The first-order valence-electron chi connectivity index (χ1n) is 6.04. The second-order valence-electron chi connectivity index (χ2n) is 4.33. The van der Waals surface area contributed by atoms with Gasteiger partial charge in [0.25, 0.3) is 0 Å². The molecule has 0 radical (unpaired) electrons. The van der Waals surface area contributed by atoms with Gasteiger partial charge in [0, 0.05) is 5.69 Å². The molecule has 0 aliphatic rings. The molecule has 0 bridgehead atoms. The van der Waals surface area contributed by atoms with E-state index in [1.807, 2.05) is 0 Å². The molecule has 1 rings (SSSR count). The van der Waals surface area contributed by atoms with Gasteiger partial charge in [-0.3, -0.25) is 9.59 Å². The summed E-state index contributed by atoms with van der Waals surface area (Å²) in [5, 5.41) is 11.2. The van der Waals surface area contributed by atoms with Crippen molar-refractivity contribution >= 4 is 23.6 Å². The third kappa shape index (κ3) is 5.01. The first kappa shape index (κ1) is 16.3. The van der Waals surface area contributed by atoms with Crippen LogP contribution in [0.4, 0.5) is 10.5 Å². The number of carboxylic acids is 1. The van der Waals surface area contributed by atoms with Crippen LogP contribution in [-0.2, 0) is 9.59 Å². The summed E-state index contributed by atoms with van der Waals surface area (Å²) < 4.78 is 5.10. The van der Waals surface area contributed by atoms with E-state index in [4.69, 9.17) is 15.6 Å². The number of nitrogens with zero attached hydrogens (tertiary/aromatic N) is 1. The SMILES string of the molecule is COc1ccc(NC(=O)N(CC(N)=O)CC(=O)O)cc1C. The second-order valence-corrected chi connectivity index (χ2v) is 4.33. The Bertz CT molecular complexity index is 543. The van der Waals surface area contributed by atoms with Crippen molar-refractivity contribution in [1.29, 1.82) is 0 Å². The number of urea groups is 1. The Kier molecular flexibility index (Phi) is 5.53. The number of nitrogens with two attached hydrogens (primary N) is 1. The molecular weight excluding hydrogens is 278 g/mol. The Hall–Kier alpha value is -2.77. The van der Waals surface area contributed by atoms with E-state index in [9.17, 15) is 14.4 Å². The average molecular weight is 295 g/mol. The van der Waals surface area contributed by atoms with Crippen LogP contribution in [0.15, 0.2) is 18.2 Å². The number of ether oxygens (including phenoxy) is 1. The molecular formula is C13H17N3O5. The van der Waals surface area contributed by atoms with Gasteiger partial charge in [-0.2, -0.15) is 0 Å². The lowest BCUT2D eigenvalue weighted by Gasteiger charge is -2.19. The summed E-state index contributed by atoms with van der Waals surface area (Å²) in [6, 6.07) is 4.22. The summed E-state index contributed by atoms with van der Waals surface area (Å²) in [5.74, 6) is -1.37. The third-order valence-electron chi connectivity index (χ3n) is 2.61. The van der Waals surface area contributed by atoms with Crippen molar-refractivity contribution in [3.05, 3.63) is 23.8 Å². The molecule has 0 fully saturated rings. The monoisotopic (exact) mass is 295 g/mol. The number of primary amides is 1. The highest BCUT2D eigenvalue weighted by atomic mass is 16.5. The first-order valence-corrected chi connectivity index (χ1v) is 6.04. The molecule has 0 aromatic heterocycles. The Labute approximate surface area is 121 Å². The molecule has 0 spiro atoms. The summed E-state index contributed by atoms with van der Waals surface area (Å²) in [4.78, 5) is 34.3. The number of carboxylic acid groups (broad SMARTS) is 1. The average Bonchev–Trinajstić information content (AvgIpc) is 2.37. The van der Waals surface area contributed by atoms with E-state index in [1.165, 1.54) is 7.11 Å². The fraction of sp³-hybridized carbons (Fsp3) is 0.308. The molecule has 114 valence electrons. The van der Waals surface area contributed by atoms with Gasteiger partial charge in [0.05, 0.1) is 7.11 Å². The molecule has 8 heteroatoms. The van der Waals surface area contributed by atoms with Gasteiger partial charge >= 0.3 is 12.0 Å². The lowest BCUT2D eigenvalue weighted by atomic mass is 10.2. The van der Waals surface area contributed by atoms with Gasteiger partial charge in [-0.1, -0.05) is 0 Å².